The molecule has 0 saturated heterocycles. The molecule has 3 N–H and O–H groups in total. The lowest BCUT2D eigenvalue weighted by molar-refractivity contribution is 0.0914. The summed E-state index contributed by atoms with van der Waals surface area (Å²) in [6.07, 6.45) is 3.45. The lowest BCUT2D eigenvalue weighted by Gasteiger charge is -2.34. The molecular formula is C19H30N2O3. The summed E-state index contributed by atoms with van der Waals surface area (Å²) in [5.41, 5.74) is 1.38. The van der Waals surface area contributed by atoms with E-state index in [0.717, 1.165) is 25.7 Å². The predicted octanol–water partition coefficient (Wildman–Crippen LogP) is 2.49. The second-order valence-corrected chi connectivity index (χ2v) is 6.94. The molecule has 134 valence electrons. The third-order valence-corrected chi connectivity index (χ3v) is 4.84. The number of aliphatic hydroxyl groups excluding tert-OH is 2. The zero-order valence-electron chi connectivity index (χ0n) is 14.7. The Bertz CT molecular complexity index is 499. The van der Waals surface area contributed by atoms with E-state index in [0.29, 0.717) is 5.92 Å². The number of amides is 2. The van der Waals surface area contributed by atoms with E-state index in [1.54, 1.807) is 13.8 Å². The third kappa shape index (κ3) is 5.21. The van der Waals surface area contributed by atoms with Gasteiger partial charge in [-0.1, -0.05) is 30.3 Å². The van der Waals surface area contributed by atoms with Gasteiger partial charge in [-0.05, 0) is 51.0 Å². The van der Waals surface area contributed by atoms with Gasteiger partial charge in [0.2, 0.25) is 0 Å². The number of aliphatic hydroxyl groups is 2. The first-order valence-electron chi connectivity index (χ1n) is 8.92. The summed E-state index contributed by atoms with van der Waals surface area (Å²) in [5, 5.41) is 22.0. The highest BCUT2D eigenvalue weighted by molar-refractivity contribution is 5.75. The Morgan fingerprint density at radius 1 is 1.21 bits per heavy atom. The van der Waals surface area contributed by atoms with E-state index < -0.39 is 6.10 Å². The van der Waals surface area contributed by atoms with Crippen molar-refractivity contribution in [1.82, 2.24) is 10.2 Å². The summed E-state index contributed by atoms with van der Waals surface area (Å²) in [6, 6.07) is 10.2. The van der Waals surface area contributed by atoms with Crippen LogP contribution in [0.2, 0.25) is 0 Å². The number of nitrogens with zero attached hydrogens (tertiary/aromatic N) is 1. The Morgan fingerprint density at radius 3 is 2.38 bits per heavy atom. The van der Waals surface area contributed by atoms with Gasteiger partial charge in [0.15, 0.2) is 0 Å². The fourth-order valence-electron chi connectivity index (χ4n) is 3.40. The van der Waals surface area contributed by atoms with Crippen molar-refractivity contribution in [2.45, 2.75) is 63.6 Å². The highest BCUT2D eigenvalue weighted by Crippen LogP contribution is 2.32. The number of hydrogen-bond donors (Lipinski definition) is 3. The molecule has 1 aliphatic carbocycles. The Morgan fingerprint density at radius 2 is 1.83 bits per heavy atom. The highest BCUT2D eigenvalue weighted by atomic mass is 16.3. The zero-order valence-corrected chi connectivity index (χ0v) is 14.7. The Hall–Kier alpha value is -1.59. The van der Waals surface area contributed by atoms with E-state index in [9.17, 15) is 15.0 Å². The predicted molar refractivity (Wildman–Crippen MR) is 94.9 cm³/mol. The summed E-state index contributed by atoms with van der Waals surface area (Å²) in [6.45, 7) is 3.55. The molecule has 2 amide bonds. The topological polar surface area (TPSA) is 72.8 Å². The summed E-state index contributed by atoms with van der Waals surface area (Å²) in [5.74, 6) is 0.573. The van der Waals surface area contributed by atoms with Crippen LogP contribution >= 0.6 is 0 Å². The lowest BCUT2D eigenvalue weighted by Crippen LogP contribution is -2.52. The highest BCUT2D eigenvalue weighted by Gasteiger charge is 2.27. The second kappa shape index (κ2) is 9.04. The molecule has 0 aromatic heterocycles. The summed E-state index contributed by atoms with van der Waals surface area (Å²) in [4.78, 5) is 14.0. The van der Waals surface area contributed by atoms with Crippen molar-refractivity contribution in [3.8, 4) is 0 Å². The van der Waals surface area contributed by atoms with Crippen molar-refractivity contribution in [1.29, 1.82) is 0 Å². The van der Waals surface area contributed by atoms with Crippen LogP contribution in [-0.2, 0) is 0 Å². The van der Waals surface area contributed by atoms with Gasteiger partial charge in [-0.3, -0.25) is 0 Å². The second-order valence-electron chi connectivity index (χ2n) is 6.94. The lowest BCUT2D eigenvalue weighted by atomic mass is 9.82. The van der Waals surface area contributed by atoms with Crippen LogP contribution in [-0.4, -0.2) is 52.5 Å². The Kier molecular flexibility index (Phi) is 7.06. The minimum atomic E-state index is -0.612. The summed E-state index contributed by atoms with van der Waals surface area (Å²) in [7, 11) is 0. The third-order valence-electron chi connectivity index (χ3n) is 4.84. The van der Waals surface area contributed by atoms with Gasteiger partial charge in [-0.25, -0.2) is 4.79 Å². The molecule has 5 nitrogen and oxygen atoms in total. The first-order chi connectivity index (χ1) is 11.5. The zero-order chi connectivity index (χ0) is 17.5. The molecule has 0 radical (unpaired) electrons. The molecule has 1 saturated carbocycles. The first-order valence-corrected chi connectivity index (χ1v) is 8.92. The number of hydrogen-bond acceptors (Lipinski definition) is 3. The maximum absolute atomic E-state index is 12.5. The number of nitrogens with one attached hydrogen (secondary N) is 1. The van der Waals surface area contributed by atoms with Gasteiger partial charge in [0.25, 0.3) is 0 Å². The van der Waals surface area contributed by atoms with E-state index in [2.05, 4.69) is 29.6 Å². The maximum Gasteiger partial charge on any atom is 0.318 e. The van der Waals surface area contributed by atoms with E-state index in [1.807, 2.05) is 6.07 Å². The van der Waals surface area contributed by atoms with Gasteiger partial charge < -0.3 is 20.4 Å². The average molecular weight is 334 g/mol. The van der Waals surface area contributed by atoms with Gasteiger partial charge in [0.05, 0.1) is 18.8 Å². The molecular weight excluding hydrogens is 304 g/mol. The van der Waals surface area contributed by atoms with Crippen molar-refractivity contribution >= 4 is 6.03 Å². The van der Waals surface area contributed by atoms with Crippen LogP contribution in [0.25, 0.3) is 0 Å². The van der Waals surface area contributed by atoms with Crippen LogP contribution in [0, 0.1) is 0 Å². The van der Waals surface area contributed by atoms with Crippen molar-refractivity contribution in [3.63, 3.8) is 0 Å². The minimum Gasteiger partial charge on any atom is -0.394 e. The summed E-state index contributed by atoms with van der Waals surface area (Å²) < 4.78 is 0. The van der Waals surface area contributed by atoms with Crippen molar-refractivity contribution in [2.24, 2.45) is 0 Å². The molecule has 2 atom stereocenters. The fourth-order valence-corrected chi connectivity index (χ4v) is 3.40. The number of rotatable bonds is 6. The van der Waals surface area contributed by atoms with Crippen LogP contribution < -0.4 is 5.32 Å². The molecule has 1 fully saturated rings. The minimum absolute atomic E-state index is 0.110. The first kappa shape index (κ1) is 18.7. The maximum atomic E-state index is 12.5. The standard InChI is InChI=1S/C19H30N2O3/c1-14(13-22)21(12-15(2)23)19(24)20-18-10-8-17(9-11-18)16-6-4-3-5-7-16/h3-7,14-15,17-18,22-23H,8-13H2,1-2H3,(H,20,24)/t14-,15-,17?,18?/m1/s1. The van der Waals surface area contributed by atoms with Crippen LogP contribution in [0.4, 0.5) is 4.79 Å². The number of carbonyl (C=O) groups is 1. The molecule has 0 aliphatic heterocycles. The molecule has 0 unspecified atom stereocenters. The van der Waals surface area contributed by atoms with E-state index in [1.165, 1.54) is 10.5 Å². The van der Waals surface area contributed by atoms with Crippen molar-refractivity contribution in [2.75, 3.05) is 13.2 Å². The molecule has 2 rings (SSSR count). The van der Waals surface area contributed by atoms with E-state index >= 15 is 0 Å². The SMILES string of the molecule is C[C@H](CO)N(C[C@@H](C)O)C(=O)NC1CCC(c2ccccc2)CC1. The Balaban J connectivity index is 1.86. The molecule has 1 aromatic carbocycles. The number of carbonyl (C=O) groups excluding carboxylic acids is 1. The van der Waals surface area contributed by atoms with Gasteiger partial charge in [-0.15, -0.1) is 0 Å². The smallest absolute Gasteiger partial charge is 0.318 e. The normalized spacial score (nSPS) is 23.3. The van der Waals surface area contributed by atoms with Crippen molar-refractivity contribution in [3.05, 3.63) is 35.9 Å². The van der Waals surface area contributed by atoms with Gasteiger partial charge in [0.1, 0.15) is 0 Å². The van der Waals surface area contributed by atoms with Gasteiger partial charge in [-0.2, -0.15) is 0 Å². The van der Waals surface area contributed by atoms with Crippen LogP contribution in [0.1, 0.15) is 51.0 Å². The van der Waals surface area contributed by atoms with E-state index in [4.69, 9.17) is 0 Å². The van der Waals surface area contributed by atoms with Crippen LogP contribution in [0.15, 0.2) is 30.3 Å². The molecule has 0 bridgehead atoms. The fraction of sp³-hybridized carbons (Fsp3) is 0.632. The molecule has 0 spiro atoms. The van der Waals surface area contributed by atoms with Crippen LogP contribution in [0.3, 0.4) is 0 Å². The monoisotopic (exact) mass is 334 g/mol. The largest absolute Gasteiger partial charge is 0.394 e. The summed E-state index contributed by atoms with van der Waals surface area (Å²) >= 11 is 0. The molecule has 5 heteroatoms. The molecule has 1 aromatic rings. The van der Waals surface area contributed by atoms with Gasteiger partial charge >= 0.3 is 6.03 Å². The molecule has 24 heavy (non-hydrogen) atoms. The van der Waals surface area contributed by atoms with Crippen LogP contribution in [0.5, 0.6) is 0 Å². The van der Waals surface area contributed by atoms with Crippen molar-refractivity contribution < 1.29 is 15.0 Å². The average Bonchev–Trinajstić information content (AvgIpc) is 2.60. The molecule has 1 aliphatic rings. The number of urea groups is 1. The Labute approximate surface area is 144 Å². The van der Waals surface area contributed by atoms with E-state index in [-0.39, 0.29) is 31.3 Å². The number of benzene rings is 1. The van der Waals surface area contributed by atoms with Gasteiger partial charge in [0, 0.05) is 12.6 Å². The quantitative estimate of drug-likeness (QED) is 0.748. The molecule has 0 heterocycles.